The van der Waals surface area contributed by atoms with Crippen LogP contribution in [0.5, 0.6) is 0 Å². The molecule has 0 spiro atoms. The second-order valence-corrected chi connectivity index (χ2v) is 11.2. The Morgan fingerprint density at radius 1 is 0.362 bits per heavy atom. The molecule has 0 aliphatic rings. The van der Waals surface area contributed by atoms with E-state index >= 15 is 0 Å². The molecule has 0 rings (SSSR count). The number of halogens is 1. The lowest BCUT2D eigenvalue weighted by molar-refractivity contribution is -0.145. The van der Waals surface area contributed by atoms with Gasteiger partial charge in [-0.25, -0.2) is 0 Å². The fraction of sp³-hybridized carbons (Fsp3) is 0.970. The standard InChI is InChI=1S/C33H65IO13/c1-2-3-4-5-6-7-8-33(35)47-32-31-46-30-29-45-28-27-44-26-25-43-24-23-42-22-21-41-20-19-40-18-17-39-16-15-38-14-13-37-12-11-36-10-9-34/h2-32H2,1H3. The molecule has 0 amide bonds. The number of unbranched alkanes of at least 4 members (excludes halogenated alkanes) is 5. The van der Waals surface area contributed by atoms with Gasteiger partial charge in [0.15, 0.2) is 0 Å². The fourth-order valence-electron chi connectivity index (χ4n) is 3.69. The van der Waals surface area contributed by atoms with Crippen LogP contribution in [0.4, 0.5) is 0 Å². The largest absolute Gasteiger partial charge is 0.463 e. The Bertz CT molecular complexity index is 593. The first kappa shape index (κ1) is 46.8. The summed E-state index contributed by atoms with van der Waals surface area (Å²) in [4.78, 5) is 11.7. The molecule has 0 unspecified atom stereocenters. The summed E-state index contributed by atoms with van der Waals surface area (Å²) in [6.07, 6.45) is 7.43. The zero-order valence-corrected chi connectivity index (χ0v) is 31.3. The molecule has 0 fully saturated rings. The van der Waals surface area contributed by atoms with Gasteiger partial charge in [0.1, 0.15) is 6.61 Å². The van der Waals surface area contributed by atoms with Crippen LogP contribution in [0.25, 0.3) is 0 Å². The maximum atomic E-state index is 11.7. The van der Waals surface area contributed by atoms with E-state index in [9.17, 15) is 4.79 Å². The predicted molar refractivity (Wildman–Crippen MR) is 187 cm³/mol. The van der Waals surface area contributed by atoms with Gasteiger partial charge in [-0.05, 0) is 6.42 Å². The molecule has 282 valence electrons. The van der Waals surface area contributed by atoms with Crippen LogP contribution in [-0.2, 0) is 61.6 Å². The van der Waals surface area contributed by atoms with E-state index in [1.54, 1.807) is 0 Å². The van der Waals surface area contributed by atoms with Gasteiger partial charge in [-0.2, -0.15) is 0 Å². The lowest BCUT2D eigenvalue weighted by Crippen LogP contribution is -2.15. The number of carbonyl (C=O) groups excluding carboxylic acids is 1. The van der Waals surface area contributed by atoms with E-state index in [0.29, 0.717) is 145 Å². The Kier molecular flexibility index (Phi) is 43.6. The van der Waals surface area contributed by atoms with E-state index in [-0.39, 0.29) is 12.6 Å². The highest BCUT2D eigenvalue weighted by Gasteiger charge is 2.02. The molecule has 0 aliphatic heterocycles. The minimum atomic E-state index is -0.143. The van der Waals surface area contributed by atoms with Crippen LogP contribution in [0.3, 0.4) is 0 Å². The van der Waals surface area contributed by atoms with Gasteiger partial charge in [0.05, 0.1) is 145 Å². The molecule has 0 atom stereocenters. The molecular weight excluding hydrogens is 731 g/mol. The fourth-order valence-corrected chi connectivity index (χ4v) is 4.00. The monoisotopic (exact) mass is 796 g/mol. The molecule has 0 N–H and O–H groups in total. The Labute approximate surface area is 297 Å². The number of carbonyl (C=O) groups is 1. The molecule has 0 aromatic heterocycles. The van der Waals surface area contributed by atoms with Crippen LogP contribution < -0.4 is 0 Å². The molecule has 47 heavy (non-hydrogen) atoms. The highest BCUT2D eigenvalue weighted by molar-refractivity contribution is 14.1. The summed E-state index contributed by atoms with van der Waals surface area (Å²) in [6.45, 7) is 14.0. The van der Waals surface area contributed by atoms with Crippen molar-refractivity contribution < 1.29 is 61.6 Å². The Hall–Kier alpha value is -0.240. The average Bonchev–Trinajstić information content (AvgIpc) is 3.08. The van der Waals surface area contributed by atoms with Crippen molar-refractivity contribution in [3.05, 3.63) is 0 Å². The molecule has 0 saturated heterocycles. The molecule has 0 aromatic carbocycles. The van der Waals surface area contributed by atoms with Crippen LogP contribution in [0.1, 0.15) is 51.9 Å². The summed E-state index contributed by atoms with van der Waals surface area (Å²) >= 11 is 2.28. The molecule has 0 bridgehead atoms. The maximum absolute atomic E-state index is 11.7. The first-order valence-electron chi connectivity index (χ1n) is 17.4. The number of rotatable bonds is 42. The Balaban J connectivity index is 3.09. The quantitative estimate of drug-likeness (QED) is 0.0384. The Morgan fingerprint density at radius 2 is 0.617 bits per heavy atom. The SMILES string of the molecule is CCCCCCCCC(=O)OCCOCCOCCOCCOCCOCCOCCOCCOCCOCCOCCOCCI. The topological polar surface area (TPSA) is 128 Å². The summed E-state index contributed by atoms with van der Waals surface area (Å²) in [5.41, 5.74) is 0. The van der Waals surface area contributed by atoms with Gasteiger partial charge in [0.25, 0.3) is 0 Å². The predicted octanol–water partition coefficient (Wildman–Crippen LogP) is 3.90. The second kappa shape index (κ2) is 43.8. The number of hydrogen-bond acceptors (Lipinski definition) is 13. The summed E-state index contributed by atoms with van der Waals surface area (Å²) in [5.74, 6) is -0.143. The van der Waals surface area contributed by atoms with Crippen molar-refractivity contribution in [2.75, 3.05) is 156 Å². The minimum absolute atomic E-state index is 0.143. The third-order valence-corrected chi connectivity index (χ3v) is 6.61. The van der Waals surface area contributed by atoms with Crippen LogP contribution in [-0.4, -0.2) is 162 Å². The van der Waals surface area contributed by atoms with Gasteiger partial charge in [-0.15, -0.1) is 0 Å². The number of hydrogen-bond donors (Lipinski definition) is 0. The third kappa shape index (κ3) is 43.7. The summed E-state index contributed by atoms with van der Waals surface area (Å²) in [5, 5.41) is 0. The second-order valence-electron chi connectivity index (χ2n) is 10.2. The summed E-state index contributed by atoms with van der Waals surface area (Å²) in [7, 11) is 0. The van der Waals surface area contributed by atoms with Crippen molar-refractivity contribution in [3.8, 4) is 0 Å². The molecular formula is C33H65IO13. The number of alkyl halides is 1. The normalized spacial score (nSPS) is 11.4. The lowest BCUT2D eigenvalue weighted by atomic mass is 10.1. The number of ether oxygens (including phenoxy) is 12. The molecule has 0 saturated carbocycles. The van der Waals surface area contributed by atoms with E-state index in [1.165, 1.54) is 25.7 Å². The van der Waals surface area contributed by atoms with E-state index in [0.717, 1.165) is 23.9 Å². The molecule has 0 radical (unpaired) electrons. The molecule has 13 nitrogen and oxygen atoms in total. The van der Waals surface area contributed by atoms with E-state index in [4.69, 9.17) is 56.8 Å². The van der Waals surface area contributed by atoms with Crippen molar-refractivity contribution >= 4 is 28.6 Å². The van der Waals surface area contributed by atoms with Gasteiger partial charge in [-0.1, -0.05) is 61.6 Å². The number of esters is 1. The molecule has 14 heteroatoms. The van der Waals surface area contributed by atoms with Crippen LogP contribution in [0.2, 0.25) is 0 Å². The molecule has 0 aromatic rings. The first-order valence-corrected chi connectivity index (χ1v) is 18.9. The van der Waals surface area contributed by atoms with Crippen LogP contribution in [0.15, 0.2) is 0 Å². The molecule has 0 aliphatic carbocycles. The third-order valence-electron chi connectivity index (χ3n) is 6.17. The smallest absolute Gasteiger partial charge is 0.305 e. The zero-order chi connectivity index (χ0) is 34.0. The van der Waals surface area contributed by atoms with E-state index in [1.807, 2.05) is 0 Å². The van der Waals surface area contributed by atoms with Crippen molar-refractivity contribution in [1.82, 2.24) is 0 Å². The van der Waals surface area contributed by atoms with Crippen molar-refractivity contribution in [2.24, 2.45) is 0 Å². The van der Waals surface area contributed by atoms with Crippen LogP contribution in [0, 0.1) is 0 Å². The van der Waals surface area contributed by atoms with Gasteiger partial charge in [0.2, 0.25) is 0 Å². The van der Waals surface area contributed by atoms with Crippen LogP contribution >= 0.6 is 22.6 Å². The minimum Gasteiger partial charge on any atom is -0.463 e. The molecule has 0 heterocycles. The lowest BCUT2D eigenvalue weighted by Gasteiger charge is -2.09. The average molecular weight is 797 g/mol. The summed E-state index contributed by atoms with van der Waals surface area (Å²) in [6, 6.07) is 0. The van der Waals surface area contributed by atoms with Gasteiger partial charge >= 0.3 is 5.97 Å². The maximum Gasteiger partial charge on any atom is 0.305 e. The highest BCUT2D eigenvalue weighted by Crippen LogP contribution is 2.07. The highest BCUT2D eigenvalue weighted by atomic mass is 127. The van der Waals surface area contributed by atoms with Gasteiger partial charge in [-0.3, -0.25) is 4.79 Å². The van der Waals surface area contributed by atoms with Gasteiger partial charge in [0, 0.05) is 10.8 Å². The van der Waals surface area contributed by atoms with E-state index < -0.39 is 0 Å². The van der Waals surface area contributed by atoms with Crippen molar-refractivity contribution in [2.45, 2.75) is 51.9 Å². The van der Waals surface area contributed by atoms with Gasteiger partial charge < -0.3 is 56.8 Å². The summed E-state index contributed by atoms with van der Waals surface area (Å²) < 4.78 is 66.1. The van der Waals surface area contributed by atoms with E-state index in [2.05, 4.69) is 29.5 Å². The Morgan fingerprint density at radius 3 is 0.915 bits per heavy atom. The van der Waals surface area contributed by atoms with Crippen molar-refractivity contribution in [3.63, 3.8) is 0 Å². The zero-order valence-electron chi connectivity index (χ0n) is 29.1. The van der Waals surface area contributed by atoms with Crippen molar-refractivity contribution in [1.29, 1.82) is 0 Å². The first-order chi connectivity index (χ1) is 23.3.